The van der Waals surface area contributed by atoms with Crippen molar-refractivity contribution in [2.75, 3.05) is 0 Å². The van der Waals surface area contributed by atoms with Gasteiger partial charge in [0, 0.05) is 11.2 Å². The van der Waals surface area contributed by atoms with Crippen LogP contribution in [0.5, 0.6) is 0 Å². The summed E-state index contributed by atoms with van der Waals surface area (Å²) in [6.45, 7) is 0. The van der Waals surface area contributed by atoms with Crippen LogP contribution < -0.4 is 0 Å². The second-order valence-corrected chi connectivity index (χ2v) is 4.11. The van der Waals surface area contributed by atoms with E-state index in [2.05, 4.69) is 23.2 Å². The molecule has 0 saturated heterocycles. The number of unbranched alkanes of at least 4 members (excludes halogenated alkanes) is 1. The Bertz CT molecular complexity index is 420. The van der Waals surface area contributed by atoms with E-state index in [9.17, 15) is 0 Å². The number of benzene rings is 1. The normalized spacial score (nSPS) is 10.9. The number of hydrogen-bond acceptors (Lipinski definition) is 2. The second kappa shape index (κ2) is 5.19. The highest BCUT2D eigenvalue weighted by Gasteiger charge is 2.05. The molecule has 16 heavy (non-hydrogen) atoms. The minimum atomic E-state index is -1.16. The average molecular weight is 217 g/mol. The zero-order chi connectivity index (χ0) is 11.4. The lowest BCUT2D eigenvalue weighted by molar-refractivity contribution is 0.402. The SMILES string of the molecule is OB(O)CCCCc1cc2ccccc2[nH]1. The summed E-state index contributed by atoms with van der Waals surface area (Å²) in [4.78, 5) is 3.36. The van der Waals surface area contributed by atoms with E-state index in [0.717, 1.165) is 19.3 Å². The van der Waals surface area contributed by atoms with Crippen molar-refractivity contribution in [3.8, 4) is 0 Å². The van der Waals surface area contributed by atoms with E-state index in [1.54, 1.807) is 0 Å². The smallest absolute Gasteiger partial charge is 0.427 e. The Morgan fingerprint density at radius 2 is 1.94 bits per heavy atom. The fraction of sp³-hybridized carbons (Fsp3) is 0.333. The number of fused-ring (bicyclic) bond motifs is 1. The Balaban J connectivity index is 1.89. The third-order valence-electron chi connectivity index (χ3n) is 2.74. The van der Waals surface area contributed by atoms with Gasteiger partial charge in [0.2, 0.25) is 0 Å². The molecule has 1 aromatic heterocycles. The summed E-state index contributed by atoms with van der Waals surface area (Å²) in [5, 5.41) is 18.7. The molecule has 0 unspecified atom stereocenters. The van der Waals surface area contributed by atoms with Crippen molar-refractivity contribution in [2.45, 2.75) is 25.6 Å². The Morgan fingerprint density at radius 3 is 2.69 bits per heavy atom. The van der Waals surface area contributed by atoms with Crippen LogP contribution in [0.2, 0.25) is 6.32 Å². The number of hydrogen-bond donors (Lipinski definition) is 3. The highest BCUT2D eigenvalue weighted by molar-refractivity contribution is 6.40. The van der Waals surface area contributed by atoms with Crippen LogP contribution in [0.25, 0.3) is 10.9 Å². The first-order chi connectivity index (χ1) is 7.75. The zero-order valence-corrected chi connectivity index (χ0v) is 9.19. The second-order valence-electron chi connectivity index (χ2n) is 4.11. The van der Waals surface area contributed by atoms with Crippen molar-refractivity contribution in [3.63, 3.8) is 0 Å². The quantitative estimate of drug-likeness (QED) is 0.529. The first-order valence-electron chi connectivity index (χ1n) is 5.68. The average Bonchev–Trinajstić information content (AvgIpc) is 2.66. The molecular formula is C12H16BNO2. The lowest BCUT2D eigenvalue weighted by Gasteiger charge is -1.98. The van der Waals surface area contributed by atoms with Crippen LogP contribution in [-0.4, -0.2) is 22.2 Å². The highest BCUT2D eigenvalue weighted by Crippen LogP contribution is 2.16. The molecule has 84 valence electrons. The van der Waals surface area contributed by atoms with Gasteiger partial charge in [0.05, 0.1) is 0 Å². The standard InChI is InChI=1S/C12H16BNO2/c15-13(16)8-4-3-6-11-9-10-5-1-2-7-12(10)14-11/h1-2,5,7,9,14-16H,3-4,6,8H2. The number of aromatic amines is 1. The maximum atomic E-state index is 8.71. The van der Waals surface area contributed by atoms with E-state index >= 15 is 0 Å². The molecule has 0 spiro atoms. The minimum Gasteiger partial charge on any atom is -0.427 e. The van der Waals surface area contributed by atoms with Gasteiger partial charge in [-0.05, 0) is 36.7 Å². The van der Waals surface area contributed by atoms with Gasteiger partial charge in [0.1, 0.15) is 0 Å². The molecule has 0 aliphatic rings. The van der Waals surface area contributed by atoms with Crippen LogP contribution in [0.4, 0.5) is 0 Å². The van der Waals surface area contributed by atoms with Crippen LogP contribution in [0.1, 0.15) is 18.5 Å². The lowest BCUT2D eigenvalue weighted by atomic mass is 9.83. The molecule has 0 saturated carbocycles. The Hall–Kier alpha value is -1.26. The molecule has 0 amide bonds. The van der Waals surface area contributed by atoms with Crippen molar-refractivity contribution >= 4 is 18.0 Å². The largest absolute Gasteiger partial charge is 0.451 e. The fourth-order valence-electron chi connectivity index (χ4n) is 1.91. The Morgan fingerprint density at radius 1 is 1.12 bits per heavy atom. The molecule has 1 aromatic carbocycles. The molecule has 0 radical (unpaired) electrons. The van der Waals surface area contributed by atoms with Crippen LogP contribution in [0.15, 0.2) is 30.3 Å². The molecular weight excluding hydrogens is 201 g/mol. The van der Waals surface area contributed by atoms with Crippen LogP contribution >= 0.6 is 0 Å². The highest BCUT2D eigenvalue weighted by atomic mass is 16.4. The van der Waals surface area contributed by atoms with E-state index in [0.29, 0.717) is 6.32 Å². The summed E-state index contributed by atoms with van der Waals surface area (Å²) in [5.41, 5.74) is 2.38. The maximum Gasteiger partial charge on any atom is 0.451 e. The predicted octanol–water partition coefficient (Wildman–Crippen LogP) is 1.96. The summed E-state index contributed by atoms with van der Waals surface area (Å²) in [7, 11) is -1.16. The van der Waals surface area contributed by atoms with Crippen molar-refractivity contribution in [2.24, 2.45) is 0 Å². The molecule has 0 aliphatic carbocycles. The number of H-pyrrole nitrogens is 1. The van der Waals surface area contributed by atoms with E-state index in [1.807, 2.05) is 12.1 Å². The monoisotopic (exact) mass is 217 g/mol. The minimum absolute atomic E-state index is 0.459. The van der Waals surface area contributed by atoms with E-state index in [4.69, 9.17) is 10.0 Å². The van der Waals surface area contributed by atoms with Gasteiger partial charge in [-0.1, -0.05) is 24.6 Å². The van der Waals surface area contributed by atoms with Crippen molar-refractivity contribution in [3.05, 3.63) is 36.0 Å². The molecule has 2 aromatic rings. The predicted molar refractivity (Wildman–Crippen MR) is 66.2 cm³/mol. The zero-order valence-electron chi connectivity index (χ0n) is 9.19. The maximum absolute atomic E-state index is 8.71. The molecule has 0 atom stereocenters. The first-order valence-corrected chi connectivity index (χ1v) is 5.68. The van der Waals surface area contributed by atoms with Gasteiger partial charge >= 0.3 is 7.12 Å². The van der Waals surface area contributed by atoms with Crippen LogP contribution in [0, 0.1) is 0 Å². The number of para-hydroxylation sites is 1. The number of aryl methyl sites for hydroxylation is 1. The van der Waals surface area contributed by atoms with Gasteiger partial charge in [-0.3, -0.25) is 0 Å². The third kappa shape index (κ3) is 2.87. The summed E-state index contributed by atoms with van der Waals surface area (Å²) in [6, 6.07) is 10.4. The first kappa shape index (κ1) is 11.2. The van der Waals surface area contributed by atoms with E-state index in [1.165, 1.54) is 16.6 Å². The molecule has 4 heteroatoms. The molecule has 0 bridgehead atoms. The Kier molecular flexibility index (Phi) is 3.64. The number of aromatic nitrogens is 1. The molecule has 0 aliphatic heterocycles. The molecule has 3 nitrogen and oxygen atoms in total. The lowest BCUT2D eigenvalue weighted by Crippen LogP contribution is -2.09. The summed E-state index contributed by atoms with van der Waals surface area (Å²) in [6.07, 6.45) is 3.24. The van der Waals surface area contributed by atoms with Crippen LogP contribution in [-0.2, 0) is 6.42 Å². The van der Waals surface area contributed by atoms with Crippen molar-refractivity contribution in [1.82, 2.24) is 4.98 Å². The molecule has 2 rings (SSSR count). The van der Waals surface area contributed by atoms with Gasteiger partial charge in [0.15, 0.2) is 0 Å². The fourth-order valence-corrected chi connectivity index (χ4v) is 1.91. The number of rotatable bonds is 5. The molecule has 0 fully saturated rings. The van der Waals surface area contributed by atoms with Crippen LogP contribution in [0.3, 0.4) is 0 Å². The van der Waals surface area contributed by atoms with E-state index < -0.39 is 7.12 Å². The third-order valence-corrected chi connectivity index (χ3v) is 2.74. The van der Waals surface area contributed by atoms with Gasteiger partial charge in [0.25, 0.3) is 0 Å². The summed E-state index contributed by atoms with van der Waals surface area (Å²) < 4.78 is 0. The van der Waals surface area contributed by atoms with E-state index in [-0.39, 0.29) is 0 Å². The summed E-state index contributed by atoms with van der Waals surface area (Å²) in [5.74, 6) is 0. The molecule has 3 N–H and O–H groups in total. The molecule has 1 heterocycles. The van der Waals surface area contributed by atoms with Gasteiger partial charge in [-0.15, -0.1) is 0 Å². The Labute approximate surface area is 95.3 Å². The van der Waals surface area contributed by atoms with Gasteiger partial charge in [-0.2, -0.15) is 0 Å². The summed E-state index contributed by atoms with van der Waals surface area (Å²) >= 11 is 0. The van der Waals surface area contributed by atoms with Crippen molar-refractivity contribution < 1.29 is 10.0 Å². The van der Waals surface area contributed by atoms with Gasteiger partial charge < -0.3 is 15.0 Å². The number of nitrogens with one attached hydrogen (secondary N) is 1. The van der Waals surface area contributed by atoms with Crippen molar-refractivity contribution in [1.29, 1.82) is 0 Å². The topological polar surface area (TPSA) is 56.2 Å². The van der Waals surface area contributed by atoms with Gasteiger partial charge in [-0.25, -0.2) is 0 Å².